The third kappa shape index (κ3) is 4.25. The summed E-state index contributed by atoms with van der Waals surface area (Å²) >= 11 is 0. The summed E-state index contributed by atoms with van der Waals surface area (Å²) in [6.07, 6.45) is 7.36. The fourth-order valence-electron chi connectivity index (χ4n) is 3.61. The van der Waals surface area contributed by atoms with Crippen molar-refractivity contribution in [3.63, 3.8) is 0 Å². The van der Waals surface area contributed by atoms with Crippen molar-refractivity contribution in [3.8, 4) is 0 Å². The van der Waals surface area contributed by atoms with E-state index in [1.807, 2.05) is 31.2 Å². The molecule has 1 fully saturated rings. The van der Waals surface area contributed by atoms with Gasteiger partial charge in [0.25, 0.3) is 5.56 Å². The molecule has 24 heavy (non-hydrogen) atoms. The minimum atomic E-state index is -0.0618. The highest BCUT2D eigenvalue weighted by Crippen LogP contribution is 2.28. The van der Waals surface area contributed by atoms with Crippen LogP contribution in [0.5, 0.6) is 0 Å². The lowest BCUT2D eigenvalue weighted by atomic mass is 10.0. The molecule has 1 amide bonds. The van der Waals surface area contributed by atoms with Gasteiger partial charge in [0.1, 0.15) is 0 Å². The first-order chi connectivity index (χ1) is 11.6. The van der Waals surface area contributed by atoms with E-state index in [1.165, 1.54) is 25.7 Å². The maximum absolute atomic E-state index is 12.2. The van der Waals surface area contributed by atoms with Crippen LogP contribution in [0, 0.1) is 12.8 Å². The van der Waals surface area contributed by atoms with Crippen LogP contribution < -0.4 is 10.9 Å². The Labute approximate surface area is 142 Å². The van der Waals surface area contributed by atoms with Gasteiger partial charge in [-0.2, -0.15) is 0 Å². The number of amides is 1. The molecule has 0 atom stereocenters. The van der Waals surface area contributed by atoms with E-state index < -0.39 is 0 Å². The normalized spacial score (nSPS) is 15.0. The Balaban J connectivity index is 1.51. The first kappa shape index (κ1) is 16.7. The summed E-state index contributed by atoms with van der Waals surface area (Å²) in [5.41, 5.74) is 2.65. The minimum absolute atomic E-state index is 0.0618. The van der Waals surface area contributed by atoms with E-state index in [0.717, 1.165) is 34.4 Å². The molecule has 1 aliphatic rings. The molecular weight excluding hydrogens is 300 g/mol. The molecule has 0 bridgehead atoms. The molecule has 0 aliphatic heterocycles. The minimum Gasteiger partial charge on any atom is -0.356 e. The van der Waals surface area contributed by atoms with Gasteiger partial charge in [0.2, 0.25) is 5.91 Å². The highest BCUT2D eigenvalue weighted by molar-refractivity contribution is 5.79. The summed E-state index contributed by atoms with van der Waals surface area (Å²) in [4.78, 5) is 27.0. The molecule has 4 nitrogen and oxygen atoms in total. The van der Waals surface area contributed by atoms with Gasteiger partial charge in [0.05, 0.1) is 0 Å². The van der Waals surface area contributed by atoms with Gasteiger partial charge in [-0.1, -0.05) is 37.8 Å². The SMILES string of the molecule is Cc1ccc2cc(CCNC(=O)CCC3CCCC3)c(=O)[nH]c2c1. The second-order valence-corrected chi connectivity index (χ2v) is 7.00. The number of aryl methyl sites for hydroxylation is 1. The number of rotatable bonds is 6. The number of carbonyl (C=O) groups is 1. The fraction of sp³-hybridized carbons (Fsp3) is 0.500. The molecular formula is C20H26N2O2. The van der Waals surface area contributed by atoms with Crippen molar-refractivity contribution in [2.75, 3.05) is 6.54 Å². The van der Waals surface area contributed by atoms with Gasteiger partial charge in [0.15, 0.2) is 0 Å². The Morgan fingerprint density at radius 2 is 2.04 bits per heavy atom. The van der Waals surface area contributed by atoms with E-state index in [2.05, 4.69) is 10.3 Å². The van der Waals surface area contributed by atoms with Crippen LogP contribution in [0.25, 0.3) is 10.9 Å². The average molecular weight is 326 g/mol. The fourth-order valence-corrected chi connectivity index (χ4v) is 3.61. The van der Waals surface area contributed by atoms with Crippen LogP contribution in [-0.2, 0) is 11.2 Å². The Hall–Kier alpha value is -2.10. The van der Waals surface area contributed by atoms with Crippen molar-refractivity contribution in [2.45, 2.75) is 51.9 Å². The number of nitrogens with one attached hydrogen (secondary N) is 2. The van der Waals surface area contributed by atoms with Gasteiger partial charge in [0, 0.05) is 24.0 Å². The van der Waals surface area contributed by atoms with Crippen LogP contribution in [0.4, 0.5) is 0 Å². The number of aromatic amines is 1. The van der Waals surface area contributed by atoms with Gasteiger partial charge < -0.3 is 10.3 Å². The Kier molecular flexibility index (Phi) is 5.34. The first-order valence-electron chi connectivity index (χ1n) is 9.01. The van der Waals surface area contributed by atoms with Gasteiger partial charge in [-0.05, 0) is 48.8 Å². The van der Waals surface area contributed by atoms with E-state index in [4.69, 9.17) is 0 Å². The highest BCUT2D eigenvalue weighted by atomic mass is 16.1. The third-order valence-electron chi connectivity index (χ3n) is 5.05. The summed E-state index contributed by atoms with van der Waals surface area (Å²) in [7, 11) is 0. The summed E-state index contributed by atoms with van der Waals surface area (Å²) < 4.78 is 0. The van der Waals surface area contributed by atoms with Crippen LogP contribution in [-0.4, -0.2) is 17.4 Å². The molecule has 4 heteroatoms. The molecule has 0 radical (unpaired) electrons. The summed E-state index contributed by atoms with van der Waals surface area (Å²) in [5.74, 6) is 0.845. The van der Waals surface area contributed by atoms with E-state index in [9.17, 15) is 9.59 Å². The first-order valence-corrected chi connectivity index (χ1v) is 9.01. The van der Waals surface area contributed by atoms with Crippen LogP contribution in [0.1, 0.15) is 49.7 Å². The number of pyridine rings is 1. The number of hydrogen-bond acceptors (Lipinski definition) is 2. The number of carbonyl (C=O) groups excluding carboxylic acids is 1. The van der Waals surface area contributed by atoms with Crippen LogP contribution in [0.2, 0.25) is 0 Å². The van der Waals surface area contributed by atoms with Crippen molar-refractivity contribution >= 4 is 16.8 Å². The lowest BCUT2D eigenvalue weighted by Crippen LogP contribution is -2.27. The predicted molar refractivity (Wildman–Crippen MR) is 97.2 cm³/mol. The van der Waals surface area contributed by atoms with E-state index in [-0.39, 0.29) is 11.5 Å². The molecule has 2 aromatic rings. The molecule has 1 aromatic carbocycles. The Morgan fingerprint density at radius 1 is 1.25 bits per heavy atom. The quantitative estimate of drug-likeness (QED) is 0.854. The summed E-state index contributed by atoms with van der Waals surface area (Å²) in [6, 6.07) is 7.96. The number of hydrogen-bond donors (Lipinski definition) is 2. The Morgan fingerprint density at radius 3 is 2.83 bits per heavy atom. The molecule has 1 heterocycles. The maximum atomic E-state index is 12.2. The van der Waals surface area contributed by atoms with Crippen LogP contribution in [0.15, 0.2) is 29.1 Å². The van der Waals surface area contributed by atoms with E-state index >= 15 is 0 Å². The molecule has 3 rings (SSSR count). The topological polar surface area (TPSA) is 62.0 Å². The smallest absolute Gasteiger partial charge is 0.251 e. The molecule has 0 spiro atoms. The van der Waals surface area contributed by atoms with Gasteiger partial charge >= 0.3 is 0 Å². The van der Waals surface area contributed by atoms with E-state index in [1.54, 1.807) is 0 Å². The zero-order valence-corrected chi connectivity index (χ0v) is 14.4. The maximum Gasteiger partial charge on any atom is 0.251 e. The monoisotopic (exact) mass is 326 g/mol. The van der Waals surface area contributed by atoms with Gasteiger partial charge in [-0.3, -0.25) is 9.59 Å². The summed E-state index contributed by atoms with van der Waals surface area (Å²) in [6.45, 7) is 2.52. The second-order valence-electron chi connectivity index (χ2n) is 7.00. The lowest BCUT2D eigenvalue weighted by molar-refractivity contribution is -0.121. The van der Waals surface area contributed by atoms with Crippen molar-refractivity contribution < 1.29 is 4.79 Å². The number of benzene rings is 1. The molecule has 1 saturated carbocycles. The second kappa shape index (κ2) is 7.65. The zero-order valence-electron chi connectivity index (χ0n) is 14.4. The van der Waals surface area contributed by atoms with E-state index in [0.29, 0.717) is 19.4 Å². The molecule has 2 N–H and O–H groups in total. The third-order valence-corrected chi connectivity index (χ3v) is 5.05. The number of aromatic nitrogens is 1. The summed E-state index contributed by atoms with van der Waals surface area (Å²) in [5, 5.41) is 3.98. The molecule has 0 saturated heterocycles. The molecule has 1 aliphatic carbocycles. The predicted octanol–water partition coefficient (Wildman–Crippen LogP) is 3.47. The highest BCUT2D eigenvalue weighted by Gasteiger charge is 2.16. The van der Waals surface area contributed by atoms with Crippen molar-refractivity contribution in [1.29, 1.82) is 0 Å². The lowest BCUT2D eigenvalue weighted by Gasteiger charge is -2.09. The van der Waals surface area contributed by atoms with Crippen molar-refractivity contribution in [2.24, 2.45) is 5.92 Å². The zero-order chi connectivity index (χ0) is 16.9. The number of H-pyrrole nitrogens is 1. The molecule has 1 aromatic heterocycles. The Bertz CT molecular complexity index is 773. The van der Waals surface area contributed by atoms with Gasteiger partial charge in [-0.15, -0.1) is 0 Å². The molecule has 0 unspecified atom stereocenters. The molecule has 128 valence electrons. The standard InChI is InChI=1S/C20H26N2O2/c1-14-6-8-16-13-17(20(24)22-18(16)12-14)10-11-21-19(23)9-7-15-4-2-3-5-15/h6,8,12-13,15H,2-5,7,9-11H2,1H3,(H,21,23)(H,22,24). The van der Waals surface area contributed by atoms with Crippen LogP contribution in [0.3, 0.4) is 0 Å². The van der Waals surface area contributed by atoms with Crippen molar-refractivity contribution in [1.82, 2.24) is 10.3 Å². The number of fused-ring (bicyclic) bond motifs is 1. The van der Waals surface area contributed by atoms with Crippen molar-refractivity contribution in [3.05, 3.63) is 45.7 Å². The average Bonchev–Trinajstić information content (AvgIpc) is 3.07. The van der Waals surface area contributed by atoms with Crippen LogP contribution >= 0.6 is 0 Å². The van der Waals surface area contributed by atoms with Gasteiger partial charge in [-0.25, -0.2) is 0 Å². The largest absolute Gasteiger partial charge is 0.356 e.